The third kappa shape index (κ3) is 3.67. The minimum absolute atomic E-state index is 0.0368. The van der Waals surface area contributed by atoms with Crippen molar-refractivity contribution in [2.75, 3.05) is 12.3 Å². The summed E-state index contributed by atoms with van der Waals surface area (Å²) in [5.74, 6) is -3.39. The van der Waals surface area contributed by atoms with E-state index in [2.05, 4.69) is 5.10 Å². The molecule has 2 aromatic rings. The van der Waals surface area contributed by atoms with Gasteiger partial charge in [0.15, 0.2) is 5.69 Å². The molecule has 0 saturated carbocycles. The Bertz CT molecular complexity index is 940. The van der Waals surface area contributed by atoms with Gasteiger partial charge in [-0.1, -0.05) is 6.08 Å². The molecule has 0 radical (unpaired) electrons. The van der Waals surface area contributed by atoms with Gasteiger partial charge in [-0.05, 0) is 43.2 Å². The summed E-state index contributed by atoms with van der Waals surface area (Å²) < 4.78 is 33.3. The molecule has 1 aromatic heterocycles. The van der Waals surface area contributed by atoms with Gasteiger partial charge < -0.3 is 10.5 Å². The van der Waals surface area contributed by atoms with Crippen molar-refractivity contribution in [2.45, 2.75) is 32.1 Å². The molecule has 1 aromatic carbocycles. The van der Waals surface area contributed by atoms with Crippen LogP contribution in [0, 0.1) is 11.3 Å². The smallest absolute Gasteiger partial charge is 0.359 e. The van der Waals surface area contributed by atoms with E-state index in [4.69, 9.17) is 15.7 Å². The van der Waals surface area contributed by atoms with E-state index in [9.17, 15) is 13.6 Å². The van der Waals surface area contributed by atoms with Gasteiger partial charge in [0, 0.05) is 12.8 Å². The number of esters is 1. The molecule has 1 aliphatic rings. The molecule has 0 bridgehead atoms. The summed E-state index contributed by atoms with van der Waals surface area (Å²) >= 11 is 0. The fourth-order valence-electron chi connectivity index (χ4n) is 2.94. The lowest BCUT2D eigenvalue weighted by molar-refractivity contribution is -0.00606. The van der Waals surface area contributed by atoms with Crippen LogP contribution in [0.25, 0.3) is 11.3 Å². The van der Waals surface area contributed by atoms with E-state index in [1.807, 2.05) is 6.07 Å². The van der Waals surface area contributed by atoms with Gasteiger partial charge >= 0.3 is 5.97 Å². The molecule has 8 heteroatoms. The summed E-state index contributed by atoms with van der Waals surface area (Å²) in [5, 5.41) is 13.3. The van der Waals surface area contributed by atoms with Crippen molar-refractivity contribution in [1.29, 1.82) is 5.26 Å². The van der Waals surface area contributed by atoms with Crippen LogP contribution in [-0.4, -0.2) is 28.3 Å². The number of allylic oxidation sites excluding steroid dienone is 2. The number of aromatic nitrogens is 2. The summed E-state index contributed by atoms with van der Waals surface area (Å²) in [7, 11) is 0. The SMILES string of the molecule is CCOC(=O)c1c(N)c(C2=CCC(F)(F)CC2)nn1-c1ccc(C#N)cc1. The number of halogens is 2. The number of nitriles is 1. The highest BCUT2D eigenvalue weighted by molar-refractivity contribution is 5.97. The largest absolute Gasteiger partial charge is 0.461 e. The van der Waals surface area contributed by atoms with Gasteiger partial charge in [-0.15, -0.1) is 0 Å². The second kappa shape index (κ2) is 7.19. The van der Waals surface area contributed by atoms with Gasteiger partial charge in [-0.25, -0.2) is 18.3 Å². The summed E-state index contributed by atoms with van der Waals surface area (Å²) in [4.78, 5) is 12.4. The summed E-state index contributed by atoms with van der Waals surface area (Å²) in [5.41, 5.74) is 8.14. The van der Waals surface area contributed by atoms with E-state index >= 15 is 0 Å². The lowest BCUT2D eigenvalue weighted by Crippen LogP contribution is -2.18. The van der Waals surface area contributed by atoms with E-state index < -0.39 is 11.9 Å². The number of alkyl halides is 2. The predicted octanol–water partition coefficient (Wildman–Crippen LogP) is 3.71. The highest BCUT2D eigenvalue weighted by Crippen LogP contribution is 2.38. The lowest BCUT2D eigenvalue weighted by atomic mass is 9.93. The predicted molar refractivity (Wildman–Crippen MR) is 95.4 cm³/mol. The van der Waals surface area contributed by atoms with Crippen LogP contribution >= 0.6 is 0 Å². The van der Waals surface area contributed by atoms with Crippen molar-refractivity contribution in [3.63, 3.8) is 0 Å². The molecule has 27 heavy (non-hydrogen) atoms. The number of nitrogens with two attached hydrogens (primary N) is 1. The van der Waals surface area contributed by atoms with E-state index in [-0.39, 0.29) is 37.3 Å². The third-order valence-electron chi connectivity index (χ3n) is 4.34. The monoisotopic (exact) mass is 372 g/mol. The number of nitrogen functional groups attached to an aromatic ring is 1. The minimum Gasteiger partial charge on any atom is -0.461 e. The lowest BCUT2D eigenvalue weighted by Gasteiger charge is -2.20. The van der Waals surface area contributed by atoms with Crippen LogP contribution in [0.15, 0.2) is 30.3 Å². The zero-order valence-electron chi connectivity index (χ0n) is 14.7. The number of anilines is 1. The molecule has 2 N–H and O–H groups in total. The van der Waals surface area contributed by atoms with Crippen molar-refractivity contribution >= 4 is 17.2 Å². The highest BCUT2D eigenvalue weighted by Gasteiger charge is 2.33. The van der Waals surface area contributed by atoms with E-state index in [1.54, 1.807) is 31.2 Å². The molecule has 0 aliphatic heterocycles. The number of carbonyl (C=O) groups is 1. The first-order chi connectivity index (χ1) is 12.9. The molecule has 140 valence electrons. The van der Waals surface area contributed by atoms with Gasteiger partial charge in [0.05, 0.1) is 29.6 Å². The molecule has 6 nitrogen and oxygen atoms in total. The summed E-state index contributed by atoms with van der Waals surface area (Å²) in [6, 6.07) is 8.44. The van der Waals surface area contributed by atoms with Gasteiger partial charge in [0.25, 0.3) is 5.92 Å². The molecule has 0 saturated heterocycles. The Labute approximate surface area is 154 Å². The Morgan fingerprint density at radius 2 is 2.11 bits per heavy atom. The molecule has 0 fully saturated rings. The van der Waals surface area contributed by atoms with Gasteiger partial charge in [0.1, 0.15) is 5.69 Å². The van der Waals surface area contributed by atoms with Crippen LogP contribution in [0.2, 0.25) is 0 Å². The first-order valence-electron chi connectivity index (χ1n) is 8.49. The molecule has 1 heterocycles. The normalized spacial score (nSPS) is 15.7. The van der Waals surface area contributed by atoms with Crippen molar-refractivity contribution < 1.29 is 18.3 Å². The van der Waals surface area contributed by atoms with Gasteiger partial charge in [-0.3, -0.25) is 0 Å². The van der Waals surface area contributed by atoms with Crippen LogP contribution < -0.4 is 5.73 Å². The summed E-state index contributed by atoms with van der Waals surface area (Å²) in [6.45, 7) is 1.82. The molecule has 0 spiro atoms. The molecular weight excluding hydrogens is 354 g/mol. The van der Waals surface area contributed by atoms with Gasteiger partial charge in [0.2, 0.25) is 0 Å². The molecule has 1 aliphatic carbocycles. The highest BCUT2D eigenvalue weighted by atomic mass is 19.3. The quantitative estimate of drug-likeness (QED) is 0.826. The fraction of sp³-hybridized carbons (Fsp3) is 0.316. The average molecular weight is 372 g/mol. The number of nitrogens with zero attached hydrogens (tertiary/aromatic N) is 3. The zero-order valence-corrected chi connectivity index (χ0v) is 14.7. The van der Waals surface area contributed by atoms with Crippen LogP contribution in [0.5, 0.6) is 0 Å². The van der Waals surface area contributed by atoms with Crippen molar-refractivity contribution in [3.05, 3.63) is 47.3 Å². The van der Waals surface area contributed by atoms with Crippen LogP contribution in [0.1, 0.15) is 47.9 Å². The van der Waals surface area contributed by atoms with E-state index in [0.29, 0.717) is 22.5 Å². The fourth-order valence-corrected chi connectivity index (χ4v) is 2.94. The molecule has 3 rings (SSSR count). The number of hydrogen-bond donors (Lipinski definition) is 1. The Morgan fingerprint density at radius 3 is 2.67 bits per heavy atom. The maximum atomic E-state index is 13.4. The number of rotatable bonds is 4. The van der Waals surface area contributed by atoms with E-state index in [1.165, 1.54) is 10.8 Å². The second-order valence-corrected chi connectivity index (χ2v) is 6.19. The van der Waals surface area contributed by atoms with Crippen molar-refractivity contribution in [3.8, 4) is 11.8 Å². The number of hydrogen-bond acceptors (Lipinski definition) is 5. The molecule has 0 unspecified atom stereocenters. The maximum Gasteiger partial charge on any atom is 0.359 e. The van der Waals surface area contributed by atoms with Crippen molar-refractivity contribution in [2.24, 2.45) is 0 Å². The first kappa shape index (κ1) is 18.6. The standard InChI is InChI=1S/C19H18F2N4O2/c1-2-27-18(26)17-15(23)16(13-7-9-19(20,21)10-8-13)24-25(17)14-5-3-12(11-22)4-6-14/h3-7H,2,8-10,23H2,1H3. The van der Waals surface area contributed by atoms with Crippen LogP contribution in [0.4, 0.5) is 14.5 Å². The average Bonchev–Trinajstić information content (AvgIpc) is 2.99. The zero-order chi connectivity index (χ0) is 19.6. The number of carbonyl (C=O) groups excluding carboxylic acids is 1. The van der Waals surface area contributed by atoms with E-state index in [0.717, 1.165) is 0 Å². The van der Waals surface area contributed by atoms with Crippen LogP contribution in [-0.2, 0) is 4.74 Å². The summed E-state index contributed by atoms with van der Waals surface area (Å²) in [6.07, 6.45) is 0.848. The Kier molecular flexibility index (Phi) is 4.95. The Morgan fingerprint density at radius 1 is 1.41 bits per heavy atom. The van der Waals surface area contributed by atoms with Gasteiger partial charge in [-0.2, -0.15) is 10.4 Å². The maximum absolute atomic E-state index is 13.4. The minimum atomic E-state index is -2.74. The molecule has 0 atom stereocenters. The molecule has 0 amide bonds. The second-order valence-electron chi connectivity index (χ2n) is 6.19. The van der Waals surface area contributed by atoms with Crippen molar-refractivity contribution in [1.82, 2.24) is 9.78 Å². The third-order valence-corrected chi connectivity index (χ3v) is 4.34. The first-order valence-corrected chi connectivity index (χ1v) is 8.49. The number of ether oxygens (including phenoxy) is 1. The Balaban J connectivity index is 2.10. The topological polar surface area (TPSA) is 93.9 Å². The Hall–Kier alpha value is -3.21. The van der Waals surface area contributed by atoms with Crippen LogP contribution in [0.3, 0.4) is 0 Å². The molecular formula is C19H18F2N4O2. The number of benzene rings is 1.